The van der Waals surface area contributed by atoms with Gasteiger partial charge in [-0.1, -0.05) is 0 Å². The fourth-order valence-electron chi connectivity index (χ4n) is 1.99. The monoisotopic (exact) mass is 275 g/mol. The Bertz CT molecular complexity index is 580. The molecule has 0 saturated heterocycles. The van der Waals surface area contributed by atoms with Gasteiger partial charge in [0.05, 0.1) is 16.7 Å². The zero-order valence-corrected chi connectivity index (χ0v) is 12.4. The molecule has 0 aliphatic rings. The van der Waals surface area contributed by atoms with Gasteiger partial charge in [0.2, 0.25) is 0 Å². The molecule has 100 valence electrons. The van der Waals surface area contributed by atoms with Crippen LogP contribution in [-0.4, -0.2) is 27.8 Å². The number of nitrogens with zero attached hydrogens (tertiary/aromatic N) is 3. The first kappa shape index (κ1) is 13.7. The molecule has 2 heterocycles. The number of thiazole rings is 1. The van der Waals surface area contributed by atoms with E-state index in [9.17, 15) is 4.79 Å². The van der Waals surface area contributed by atoms with Crippen LogP contribution in [-0.2, 0) is 0 Å². The van der Waals surface area contributed by atoms with Crippen molar-refractivity contribution in [2.45, 2.75) is 26.8 Å². The molecule has 0 aromatic carbocycles. The summed E-state index contributed by atoms with van der Waals surface area (Å²) in [4.78, 5) is 23.7. The minimum absolute atomic E-state index is 0.0139. The molecule has 0 fully saturated rings. The van der Waals surface area contributed by atoms with Crippen molar-refractivity contribution in [3.8, 4) is 0 Å². The number of amides is 1. The highest BCUT2D eigenvalue weighted by Crippen LogP contribution is 2.26. The number of aromatic nitrogens is 2. The highest BCUT2D eigenvalue weighted by Gasteiger charge is 2.22. The Morgan fingerprint density at radius 3 is 2.47 bits per heavy atom. The summed E-state index contributed by atoms with van der Waals surface area (Å²) in [5.41, 5.74) is 1.63. The van der Waals surface area contributed by atoms with E-state index in [2.05, 4.69) is 9.97 Å². The summed E-state index contributed by atoms with van der Waals surface area (Å²) in [5, 5.41) is 1.03. The van der Waals surface area contributed by atoms with Gasteiger partial charge >= 0.3 is 0 Å². The predicted octanol–water partition coefficient (Wildman–Crippen LogP) is 2.99. The van der Waals surface area contributed by atoms with Crippen molar-refractivity contribution in [2.75, 3.05) is 7.05 Å². The van der Waals surface area contributed by atoms with Crippen molar-refractivity contribution in [1.29, 1.82) is 0 Å². The Labute approximate surface area is 117 Å². The highest BCUT2D eigenvalue weighted by molar-refractivity contribution is 7.11. The minimum Gasteiger partial charge on any atom is -0.333 e. The van der Waals surface area contributed by atoms with E-state index in [0.717, 1.165) is 10.7 Å². The SMILES string of the molecule is Cc1nc([C@H](C)N(C)C(=O)c2ccncc2)c(C)s1. The van der Waals surface area contributed by atoms with Crippen LogP contribution in [0.25, 0.3) is 0 Å². The molecule has 0 spiro atoms. The molecular formula is C14H17N3OS. The number of rotatable bonds is 3. The van der Waals surface area contributed by atoms with Crippen LogP contribution in [0.2, 0.25) is 0 Å². The van der Waals surface area contributed by atoms with Crippen LogP contribution in [0.4, 0.5) is 0 Å². The zero-order valence-electron chi connectivity index (χ0n) is 11.5. The van der Waals surface area contributed by atoms with Crippen molar-refractivity contribution in [2.24, 2.45) is 0 Å². The van der Waals surface area contributed by atoms with Gasteiger partial charge in [-0.2, -0.15) is 0 Å². The van der Waals surface area contributed by atoms with Gasteiger partial charge in [0.15, 0.2) is 0 Å². The first-order valence-corrected chi connectivity index (χ1v) is 6.93. The summed E-state index contributed by atoms with van der Waals surface area (Å²) in [6.45, 7) is 6.03. The van der Waals surface area contributed by atoms with Gasteiger partial charge in [-0.25, -0.2) is 4.98 Å². The van der Waals surface area contributed by atoms with E-state index in [1.54, 1.807) is 40.8 Å². The lowest BCUT2D eigenvalue weighted by atomic mass is 10.1. The van der Waals surface area contributed by atoms with Gasteiger partial charge in [-0.15, -0.1) is 11.3 Å². The average molecular weight is 275 g/mol. The summed E-state index contributed by atoms with van der Waals surface area (Å²) in [6.07, 6.45) is 3.26. The molecule has 0 unspecified atom stereocenters. The Balaban J connectivity index is 2.22. The van der Waals surface area contributed by atoms with E-state index in [1.807, 2.05) is 27.8 Å². The molecule has 1 atom stereocenters. The number of hydrogen-bond acceptors (Lipinski definition) is 4. The molecule has 19 heavy (non-hydrogen) atoms. The van der Waals surface area contributed by atoms with E-state index >= 15 is 0 Å². The van der Waals surface area contributed by atoms with Crippen molar-refractivity contribution in [3.05, 3.63) is 45.7 Å². The van der Waals surface area contributed by atoms with E-state index in [1.165, 1.54) is 4.88 Å². The second-order valence-electron chi connectivity index (χ2n) is 4.50. The maximum Gasteiger partial charge on any atom is 0.254 e. The molecule has 1 amide bonds. The summed E-state index contributed by atoms with van der Waals surface area (Å²) in [5.74, 6) is -0.0139. The predicted molar refractivity (Wildman–Crippen MR) is 76.3 cm³/mol. The molecule has 2 aromatic heterocycles. The van der Waals surface area contributed by atoms with Crippen LogP contribution in [0.1, 0.15) is 38.9 Å². The number of carbonyl (C=O) groups is 1. The second-order valence-corrected chi connectivity index (χ2v) is 5.91. The maximum absolute atomic E-state index is 12.4. The molecule has 4 nitrogen and oxygen atoms in total. The molecule has 5 heteroatoms. The molecule has 2 rings (SSSR count). The zero-order chi connectivity index (χ0) is 14.0. The first-order chi connectivity index (χ1) is 9.00. The molecule has 0 saturated carbocycles. The summed E-state index contributed by atoms with van der Waals surface area (Å²) in [6, 6.07) is 3.42. The fraction of sp³-hybridized carbons (Fsp3) is 0.357. The largest absolute Gasteiger partial charge is 0.333 e. The average Bonchev–Trinajstić information content (AvgIpc) is 2.76. The summed E-state index contributed by atoms with van der Waals surface area (Å²) in [7, 11) is 1.81. The molecule has 0 bridgehead atoms. The third-order valence-corrected chi connectivity index (χ3v) is 4.07. The normalized spacial score (nSPS) is 12.2. The Kier molecular flexibility index (Phi) is 3.95. The number of pyridine rings is 1. The van der Waals surface area contributed by atoms with Crippen molar-refractivity contribution < 1.29 is 4.79 Å². The molecule has 0 aliphatic heterocycles. The standard InChI is InChI=1S/C14H17N3OS/c1-9(13-10(2)19-11(3)16-13)17(4)14(18)12-5-7-15-8-6-12/h5-9H,1-4H3/t9-/m0/s1. The second kappa shape index (κ2) is 5.48. The van der Waals surface area contributed by atoms with Crippen molar-refractivity contribution >= 4 is 17.2 Å². The van der Waals surface area contributed by atoms with Crippen LogP contribution >= 0.6 is 11.3 Å². The number of hydrogen-bond donors (Lipinski definition) is 0. The van der Waals surface area contributed by atoms with Crippen LogP contribution in [0.3, 0.4) is 0 Å². The lowest BCUT2D eigenvalue weighted by molar-refractivity contribution is 0.0739. The lowest BCUT2D eigenvalue weighted by Crippen LogP contribution is -2.30. The molecule has 0 aliphatic carbocycles. The van der Waals surface area contributed by atoms with Gasteiger partial charge in [0, 0.05) is 29.9 Å². The third kappa shape index (κ3) is 2.81. The fourth-order valence-corrected chi connectivity index (χ4v) is 2.90. The smallest absolute Gasteiger partial charge is 0.254 e. The minimum atomic E-state index is -0.0365. The Morgan fingerprint density at radius 2 is 1.95 bits per heavy atom. The summed E-state index contributed by atoms with van der Waals surface area (Å²) < 4.78 is 0. The lowest BCUT2D eigenvalue weighted by Gasteiger charge is -2.24. The van der Waals surface area contributed by atoms with Gasteiger partial charge < -0.3 is 4.90 Å². The molecule has 0 radical (unpaired) electrons. The highest BCUT2D eigenvalue weighted by atomic mass is 32.1. The first-order valence-electron chi connectivity index (χ1n) is 6.12. The quantitative estimate of drug-likeness (QED) is 0.865. The molecule has 2 aromatic rings. The Morgan fingerprint density at radius 1 is 1.32 bits per heavy atom. The van der Waals surface area contributed by atoms with Crippen LogP contribution in [0.5, 0.6) is 0 Å². The topological polar surface area (TPSA) is 46.1 Å². The van der Waals surface area contributed by atoms with Gasteiger partial charge in [-0.3, -0.25) is 9.78 Å². The molecular weight excluding hydrogens is 258 g/mol. The van der Waals surface area contributed by atoms with Crippen molar-refractivity contribution in [3.63, 3.8) is 0 Å². The van der Waals surface area contributed by atoms with Crippen LogP contribution in [0, 0.1) is 13.8 Å². The van der Waals surface area contributed by atoms with E-state index in [4.69, 9.17) is 0 Å². The van der Waals surface area contributed by atoms with Crippen LogP contribution in [0.15, 0.2) is 24.5 Å². The third-order valence-electron chi connectivity index (χ3n) is 3.16. The van der Waals surface area contributed by atoms with E-state index < -0.39 is 0 Å². The van der Waals surface area contributed by atoms with Gasteiger partial charge in [0.1, 0.15) is 0 Å². The van der Waals surface area contributed by atoms with Crippen LogP contribution < -0.4 is 0 Å². The van der Waals surface area contributed by atoms with E-state index in [-0.39, 0.29) is 11.9 Å². The Hall–Kier alpha value is -1.75. The maximum atomic E-state index is 12.4. The van der Waals surface area contributed by atoms with E-state index in [0.29, 0.717) is 5.56 Å². The van der Waals surface area contributed by atoms with Gasteiger partial charge in [0.25, 0.3) is 5.91 Å². The number of aryl methyl sites for hydroxylation is 2. The molecule has 0 N–H and O–H groups in total. The van der Waals surface area contributed by atoms with Crippen molar-refractivity contribution in [1.82, 2.24) is 14.9 Å². The number of carbonyl (C=O) groups excluding carboxylic acids is 1. The van der Waals surface area contributed by atoms with Gasteiger partial charge in [-0.05, 0) is 32.9 Å². The summed E-state index contributed by atoms with van der Waals surface area (Å²) >= 11 is 1.66.